The number of carbonyl (C=O) groups excluding carboxylic acids is 1. The Morgan fingerprint density at radius 2 is 2.08 bits per heavy atom. The zero-order chi connectivity index (χ0) is 17.2. The van der Waals surface area contributed by atoms with Crippen LogP contribution in [0.2, 0.25) is 0 Å². The summed E-state index contributed by atoms with van der Waals surface area (Å²) >= 11 is 0. The number of benzene rings is 1. The van der Waals surface area contributed by atoms with Crippen LogP contribution in [0.1, 0.15) is 49.2 Å². The molecule has 2 heterocycles. The van der Waals surface area contributed by atoms with E-state index < -0.39 is 0 Å². The molecule has 0 saturated carbocycles. The van der Waals surface area contributed by atoms with E-state index in [-0.39, 0.29) is 17.4 Å². The first-order valence-corrected chi connectivity index (χ1v) is 8.40. The number of nitrogens with zero attached hydrogens (tertiary/aromatic N) is 2. The topological polar surface area (TPSA) is 66.9 Å². The van der Waals surface area contributed by atoms with Crippen LogP contribution < -0.4 is 10.6 Å². The maximum atomic E-state index is 12.6. The van der Waals surface area contributed by atoms with Gasteiger partial charge in [0.2, 0.25) is 5.91 Å². The van der Waals surface area contributed by atoms with Crippen molar-refractivity contribution in [3.8, 4) is 0 Å². The average molecular weight is 324 g/mol. The van der Waals surface area contributed by atoms with Gasteiger partial charge in [0, 0.05) is 30.3 Å². The van der Waals surface area contributed by atoms with Gasteiger partial charge in [-0.25, -0.2) is 9.97 Å². The Balaban J connectivity index is 1.65. The molecule has 126 valence electrons. The smallest absolute Gasteiger partial charge is 0.241 e. The molecule has 5 nitrogen and oxygen atoms in total. The first-order chi connectivity index (χ1) is 11.5. The molecule has 1 aromatic heterocycles. The summed E-state index contributed by atoms with van der Waals surface area (Å²) in [6.07, 6.45) is 4.28. The molecular formula is C19H24N4O. The molecule has 0 spiro atoms. The van der Waals surface area contributed by atoms with Crippen molar-refractivity contribution >= 4 is 5.91 Å². The summed E-state index contributed by atoms with van der Waals surface area (Å²) in [5, 5.41) is 6.27. The summed E-state index contributed by atoms with van der Waals surface area (Å²) in [5.74, 6) is -0.0261. The number of nitrogens with one attached hydrogen (secondary N) is 2. The second kappa shape index (κ2) is 6.69. The normalized spacial score (nSPS) is 16.7. The molecule has 1 aliphatic rings. The van der Waals surface area contributed by atoms with Gasteiger partial charge in [0.15, 0.2) is 0 Å². The second-order valence-corrected chi connectivity index (χ2v) is 6.89. The van der Waals surface area contributed by atoms with Crippen LogP contribution in [0, 0.1) is 0 Å². The predicted octanol–water partition coefficient (Wildman–Crippen LogP) is 2.28. The number of fused-ring (bicyclic) bond motifs is 1. The quantitative estimate of drug-likeness (QED) is 0.885. The van der Waals surface area contributed by atoms with Gasteiger partial charge in [0.1, 0.15) is 12.4 Å². The molecule has 1 amide bonds. The van der Waals surface area contributed by atoms with Crippen molar-refractivity contribution in [1.29, 1.82) is 0 Å². The van der Waals surface area contributed by atoms with Crippen molar-refractivity contribution in [3.63, 3.8) is 0 Å². The summed E-state index contributed by atoms with van der Waals surface area (Å²) in [6.45, 7) is 7.63. The Kier molecular flexibility index (Phi) is 4.62. The van der Waals surface area contributed by atoms with Crippen molar-refractivity contribution in [2.24, 2.45) is 0 Å². The lowest BCUT2D eigenvalue weighted by molar-refractivity contribution is -0.123. The van der Waals surface area contributed by atoms with Crippen LogP contribution in [0.15, 0.2) is 36.8 Å². The molecule has 0 bridgehead atoms. The number of amides is 1. The minimum atomic E-state index is -0.362. The van der Waals surface area contributed by atoms with E-state index in [4.69, 9.17) is 0 Å². The number of hydrogen-bond acceptors (Lipinski definition) is 4. The van der Waals surface area contributed by atoms with Gasteiger partial charge in [-0.3, -0.25) is 10.1 Å². The molecule has 2 N–H and O–H groups in total. The molecule has 0 radical (unpaired) electrons. The number of aryl methyl sites for hydroxylation is 1. The van der Waals surface area contributed by atoms with Crippen molar-refractivity contribution in [1.82, 2.24) is 20.6 Å². The fourth-order valence-electron chi connectivity index (χ4n) is 3.00. The number of hydrogen-bond donors (Lipinski definition) is 2. The van der Waals surface area contributed by atoms with Gasteiger partial charge in [-0.05, 0) is 17.5 Å². The molecule has 1 aliphatic heterocycles. The van der Waals surface area contributed by atoms with Gasteiger partial charge >= 0.3 is 0 Å². The second-order valence-electron chi connectivity index (χ2n) is 6.89. The maximum Gasteiger partial charge on any atom is 0.241 e. The lowest BCUT2D eigenvalue weighted by atomic mass is 9.84. The first kappa shape index (κ1) is 16.6. The Bertz CT molecular complexity index is 724. The largest absolute Gasteiger partial charge is 0.354 e. The number of aromatic nitrogens is 2. The van der Waals surface area contributed by atoms with Crippen LogP contribution in [-0.2, 0) is 23.2 Å². The molecule has 0 saturated heterocycles. The van der Waals surface area contributed by atoms with Gasteiger partial charge in [-0.1, -0.05) is 45.0 Å². The van der Waals surface area contributed by atoms with E-state index in [1.807, 2.05) is 0 Å². The maximum absolute atomic E-state index is 12.6. The van der Waals surface area contributed by atoms with E-state index in [1.165, 1.54) is 17.5 Å². The summed E-state index contributed by atoms with van der Waals surface area (Å²) in [6, 6.07) is 8.26. The molecule has 1 unspecified atom stereocenters. The van der Waals surface area contributed by atoms with E-state index in [0.717, 1.165) is 17.7 Å². The molecular weight excluding hydrogens is 300 g/mol. The molecule has 0 aliphatic carbocycles. The monoisotopic (exact) mass is 324 g/mol. The standard InChI is InChI=1S/C19H24N4O/c1-4-13-5-7-14(8-6-13)19(2,3)11-22-18(24)17-15-9-20-12-23-16(15)10-21-17/h5-9,12,17,21H,4,10-11H2,1-3H3,(H,22,24). The lowest BCUT2D eigenvalue weighted by Crippen LogP contribution is -2.41. The highest BCUT2D eigenvalue weighted by molar-refractivity contribution is 5.84. The molecule has 3 rings (SSSR count). The minimum Gasteiger partial charge on any atom is -0.354 e. The molecule has 1 aromatic carbocycles. The van der Waals surface area contributed by atoms with Crippen LogP contribution in [0.5, 0.6) is 0 Å². The van der Waals surface area contributed by atoms with Crippen molar-refractivity contribution in [2.45, 2.75) is 45.2 Å². The van der Waals surface area contributed by atoms with Crippen molar-refractivity contribution in [2.75, 3.05) is 6.54 Å². The van der Waals surface area contributed by atoms with E-state index in [0.29, 0.717) is 13.1 Å². The first-order valence-electron chi connectivity index (χ1n) is 8.40. The van der Waals surface area contributed by atoms with E-state index in [1.54, 1.807) is 6.20 Å². The Hall–Kier alpha value is -2.27. The summed E-state index contributed by atoms with van der Waals surface area (Å²) < 4.78 is 0. The van der Waals surface area contributed by atoms with Crippen LogP contribution in [0.4, 0.5) is 0 Å². The van der Waals surface area contributed by atoms with Gasteiger partial charge in [0.25, 0.3) is 0 Å². The van der Waals surface area contributed by atoms with E-state index in [2.05, 4.69) is 65.6 Å². The minimum absolute atomic E-state index is 0.0261. The molecule has 2 aromatic rings. The van der Waals surface area contributed by atoms with Crippen molar-refractivity contribution < 1.29 is 4.79 Å². The van der Waals surface area contributed by atoms with Crippen LogP contribution in [-0.4, -0.2) is 22.4 Å². The molecule has 1 atom stereocenters. The predicted molar refractivity (Wildman–Crippen MR) is 93.5 cm³/mol. The van der Waals surface area contributed by atoms with Gasteiger partial charge in [-0.15, -0.1) is 0 Å². The van der Waals surface area contributed by atoms with Crippen LogP contribution >= 0.6 is 0 Å². The fraction of sp³-hybridized carbons (Fsp3) is 0.421. The average Bonchev–Trinajstić information content (AvgIpc) is 3.04. The Labute approximate surface area is 142 Å². The lowest BCUT2D eigenvalue weighted by Gasteiger charge is -2.26. The third kappa shape index (κ3) is 3.31. The Morgan fingerprint density at radius 3 is 2.79 bits per heavy atom. The number of carbonyl (C=O) groups is 1. The molecule has 0 fully saturated rings. The summed E-state index contributed by atoms with van der Waals surface area (Å²) in [4.78, 5) is 20.8. The zero-order valence-corrected chi connectivity index (χ0v) is 14.5. The van der Waals surface area contributed by atoms with E-state index in [9.17, 15) is 4.79 Å². The highest BCUT2D eigenvalue weighted by atomic mass is 16.2. The third-order valence-corrected chi connectivity index (χ3v) is 4.72. The van der Waals surface area contributed by atoms with Crippen molar-refractivity contribution in [3.05, 3.63) is 59.2 Å². The number of rotatable bonds is 5. The molecule has 24 heavy (non-hydrogen) atoms. The van der Waals surface area contributed by atoms with Gasteiger partial charge < -0.3 is 5.32 Å². The summed E-state index contributed by atoms with van der Waals surface area (Å²) in [5.41, 5.74) is 4.20. The SMILES string of the molecule is CCc1ccc(C(C)(C)CNC(=O)C2NCc3ncncc32)cc1. The van der Waals surface area contributed by atoms with E-state index >= 15 is 0 Å². The van der Waals surface area contributed by atoms with Gasteiger partial charge in [0.05, 0.1) is 5.69 Å². The van der Waals surface area contributed by atoms with Crippen LogP contribution in [0.3, 0.4) is 0 Å². The third-order valence-electron chi connectivity index (χ3n) is 4.72. The fourth-order valence-corrected chi connectivity index (χ4v) is 3.00. The Morgan fingerprint density at radius 1 is 1.33 bits per heavy atom. The highest BCUT2D eigenvalue weighted by Crippen LogP contribution is 2.25. The summed E-state index contributed by atoms with van der Waals surface area (Å²) in [7, 11) is 0. The van der Waals surface area contributed by atoms with Crippen LogP contribution in [0.25, 0.3) is 0 Å². The highest BCUT2D eigenvalue weighted by Gasteiger charge is 2.30. The molecule has 5 heteroatoms. The van der Waals surface area contributed by atoms with Gasteiger partial charge in [-0.2, -0.15) is 0 Å². The zero-order valence-electron chi connectivity index (χ0n) is 14.5.